The van der Waals surface area contributed by atoms with Gasteiger partial charge in [0.25, 0.3) is 5.69 Å². The second-order valence-corrected chi connectivity index (χ2v) is 5.30. The van der Waals surface area contributed by atoms with E-state index >= 15 is 0 Å². The molecule has 8 nitrogen and oxygen atoms in total. The van der Waals surface area contributed by atoms with Gasteiger partial charge in [0.1, 0.15) is 5.56 Å². The molecule has 1 aromatic rings. The fourth-order valence-electron chi connectivity index (χ4n) is 2.62. The Hall–Kier alpha value is -2.64. The van der Waals surface area contributed by atoms with Gasteiger partial charge in [-0.25, -0.2) is 4.79 Å². The summed E-state index contributed by atoms with van der Waals surface area (Å²) in [5, 5.41) is 14.2. The van der Waals surface area contributed by atoms with Crippen molar-refractivity contribution >= 4 is 23.3 Å². The molecule has 1 atom stereocenters. The molecule has 1 fully saturated rings. The first kappa shape index (κ1) is 16.7. The van der Waals surface area contributed by atoms with Gasteiger partial charge in [-0.3, -0.25) is 14.9 Å². The molecule has 124 valence electrons. The Morgan fingerprint density at radius 2 is 2.22 bits per heavy atom. The number of hydrogen-bond acceptors (Lipinski definition) is 6. The molecule has 8 heteroatoms. The predicted octanol–water partition coefficient (Wildman–Crippen LogP) is 1.80. The van der Waals surface area contributed by atoms with Gasteiger partial charge in [0.2, 0.25) is 5.91 Å². The van der Waals surface area contributed by atoms with Crippen molar-refractivity contribution < 1.29 is 19.2 Å². The highest BCUT2D eigenvalue weighted by Crippen LogP contribution is 2.25. The monoisotopic (exact) mass is 321 g/mol. The lowest BCUT2D eigenvalue weighted by molar-refractivity contribution is -0.385. The first-order valence-electron chi connectivity index (χ1n) is 7.37. The number of benzene rings is 1. The molecule has 2 rings (SSSR count). The van der Waals surface area contributed by atoms with Crippen molar-refractivity contribution in [3.8, 4) is 0 Å². The summed E-state index contributed by atoms with van der Waals surface area (Å²) in [7, 11) is 1.18. The molecule has 1 aliphatic heterocycles. The van der Waals surface area contributed by atoms with Gasteiger partial charge in [0, 0.05) is 37.3 Å². The van der Waals surface area contributed by atoms with Crippen molar-refractivity contribution in [1.29, 1.82) is 0 Å². The number of likely N-dealkylation sites (tertiary alicyclic amines) is 1. The lowest BCUT2D eigenvalue weighted by Gasteiger charge is -2.17. The molecular weight excluding hydrogens is 302 g/mol. The number of rotatable bonds is 5. The number of nitro benzene ring substituents is 1. The van der Waals surface area contributed by atoms with Gasteiger partial charge in [-0.15, -0.1) is 0 Å². The fraction of sp³-hybridized carbons (Fsp3) is 0.467. The topological polar surface area (TPSA) is 102 Å². The summed E-state index contributed by atoms with van der Waals surface area (Å²) in [6.45, 7) is 3.08. The summed E-state index contributed by atoms with van der Waals surface area (Å²) in [4.78, 5) is 35.5. The standard InChI is InChI=1S/C15H19N3O5/c1-3-14(19)17-7-6-11(9-17)16-10-4-5-13(18(21)22)12(8-10)15(20)23-2/h4-5,8,11,16H,3,6-7,9H2,1-2H3. The zero-order valence-corrected chi connectivity index (χ0v) is 13.1. The number of nitrogens with one attached hydrogen (secondary N) is 1. The predicted molar refractivity (Wildman–Crippen MR) is 83.3 cm³/mol. The van der Waals surface area contributed by atoms with Crippen LogP contribution in [0.25, 0.3) is 0 Å². The van der Waals surface area contributed by atoms with E-state index in [4.69, 9.17) is 0 Å². The van der Waals surface area contributed by atoms with E-state index < -0.39 is 10.9 Å². The van der Waals surface area contributed by atoms with E-state index in [1.54, 1.807) is 11.0 Å². The summed E-state index contributed by atoms with van der Waals surface area (Å²) in [5.41, 5.74) is 0.199. The minimum absolute atomic E-state index is 0.0532. The molecule has 0 spiro atoms. The zero-order chi connectivity index (χ0) is 17.0. The molecule has 1 unspecified atom stereocenters. The number of ether oxygens (including phenoxy) is 1. The van der Waals surface area contributed by atoms with Crippen molar-refractivity contribution in [3.63, 3.8) is 0 Å². The summed E-state index contributed by atoms with van der Waals surface area (Å²) in [5.74, 6) is -0.650. The van der Waals surface area contributed by atoms with E-state index in [1.807, 2.05) is 6.92 Å². The maximum atomic E-state index is 11.7. The number of nitro groups is 1. The third-order valence-corrected chi connectivity index (χ3v) is 3.81. The van der Waals surface area contributed by atoms with E-state index in [2.05, 4.69) is 10.1 Å². The number of anilines is 1. The average Bonchev–Trinajstić information content (AvgIpc) is 3.01. The summed E-state index contributed by atoms with van der Waals surface area (Å²) >= 11 is 0. The van der Waals surface area contributed by atoms with Crippen molar-refractivity contribution in [2.24, 2.45) is 0 Å². The lowest BCUT2D eigenvalue weighted by Crippen LogP contribution is -2.30. The fourth-order valence-corrected chi connectivity index (χ4v) is 2.62. The van der Waals surface area contributed by atoms with Crippen LogP contribution < -0.4 is 5.32 Å². The molecule has 0 radical (unpaired) electrons. The molecule has 23 heavy (non-hydrogen) atoms. The molecular formula is C15H19N3O5. The van der Waals surface area contributed by atoms with Gasteiger partial charge in [-0.05, 0) is 18.6 Å². The van der Waals surface area contributed by atoms with E-state index in [0.717, 1.165) is 6.42 Å². The first-order chi connectivity index (χ1) is 11.0. The van der Waals surface area contributed by atoms with E-state index in [0.29, 0.717) is 25.2 Å². The number of carbonyl (C=O) groups is 2. The molecule has 1 saturated heterocycles. The molecule has 1 aromatic carbocycles. The largest absolute Gasteiger partial charge is 0.465 e. The zero-order valence-electron chi connectivity index (χ0n) is 13.1. The Morgan fingerprint density at radius 1 is 1.48 bits per heavy atom. The molecule has 0 saturated carbocycles. The Kier molecular flexibility index (Phi) is 5.15. The highest BCUT2D eigenvalue weighted by molar-refractivity contribution is 5.95. The third kappa shape index (κ3) is 3.77. The number of esters is 1. The van der Waals surface area contributed by atoms with Crippen LogP contribution in [-0.4, -0.2) is 47.9 Å². The van der Waals surface area contributed by atoms with Crippen LogP contribution in [0.1, 0.15) is 30.1 Å². The Bertz CT molecular complexity index is 632. The van der Waals surface area contributed by atoms with Crippen LogP contribution in [0.4, 0.5) is 11.4 Å². The van der Waals surface area contributed by atoms with Crippen LogP contribution in [0.15, 0.2) is 18.2 Å². The Labute approximate surface area is 133 Å². The normalized spacial score (nSPS) is 17.0. The smallest absolute Gasteiger partial charge is 0.344 e. The van der Waals surface area contributed by atoms with Crippen molar-refractivity contribution in [3.05, 3.63) is 33.9 Å². The summed E-state index contributed by atoms with van der Waals surface area (Å²) in [6, 6.07) is 4.29. The van der Waals surface area contributed by atoms with Crippen LogP contribution in [0.5, 0.6) is 0 Å². The van der Waals surface area contributed by atoms with Crippen LogP contribution in [0.2, 0.25) is 0 Å². The molecule has 0 aliphatic carbocycles. The van der Waals surface area contributed by atoms with Crippen LogP contribution in [0, 0.1) is 10.1 Å². The minimum Gasteiger partial charge on any atom is -0.465 e. The van der Waals surface area contributed by atoms with Gasteiger partial charge in [0.05, 0.1) is 12.0 Å². The third-order valence-electron chi connectivity index (χ3n) is 3.81. The van der Waals surface area contributed by atoms with E-state index in [9.17, 15) is 19.7 Å². The SMILES string of the molecule is CCC(=O)N1CCC(Nc2ccc([N+](=O)[O-])c(C(=O)OC)c2)C1. The van der Waals surface area contributed by atoms with Gasteiger partial charge >= 0.3 is 5.97 Å². The van der Waals surface area contributed by atoms with E-state index in [1.165, 1.54) is 19.2 Å². The van der Waals surface area contributed by atoms with Gasteiger partial charge in [-0.2, -0.15) is 0 Å². The number of nitrogens with zero attached hydrogens (tertiary/aromatic N) is 2. The summed E-state index contributed by atoms with van der Waals surface area (Å²) in [6.07, 6.45) is 1.26. The molecule has 0 bridgehead atoms. The maximum absolute atomic E-state index is 11.7. The van der Waals surface area contributed by atoms with Crippen LogP contribution in [-0.2, 0) is 9.53 Å². The number of hydrogen-bond donors (Lipinski definition) is 1. The molecule has 1 heterocycles. The molecule has 1 amide bonds. The van der Waals surface area contributed by atoms with Crippen molar-refractivity contribution in [2.75, 3.05) is 25.5 Å². The highest BCUT2D eigenvalue weighted by Gasteiger charge is 2.26. The average molecular weight is 321 g/mol. The number of methoxy groups -OCH3 is 1. The van der Waals surface area contributed by atoms with Gasteiger partial charge in [-0.1, -0.05) is 6.92 Å². The summed E-state index contributed by atoms with van der Waals surface area (Å²) < 4.78 is 4.59. The number of amides is 1. The molecule has 1 aliphatic rings. The quantitative estimate of drug-likeness (QED) is 0.504. The molecule has 1 N–H and O–H groups in total. The van der Waals surface area contributed by atoms with Gasteiger partial charge < -0.3 is 15.0 Å². The van der Waals surface area contributed by atoms with Gasteiger partial charge in [0.15, 0.2) is 0 Å². The number of carbonyl (C=O) groups excluding carboxylic acids is 2. The minimum atomic E-state index is -0.755. The van der Waals surface area contributed by atoms with E-state index in [-0.39, 0.29) is 23.2 Å². The maximum Gasteiger partial charge on any atom is 0.344 e. The second-order valence-electron chi connectivity index (χ2n) is 5.30. The first-order valence-corrected chi connectivity index (χ1v) is 7.37. The Balaban J connectivity index is 2.14. The van der Waals surface area contributed by atoms with Crippen LogP contribution in [0.3, 0.4) is 0 Å². The lowest BCUT2D eigenvalue weighted by atomic mass is 10.1. The Morgan fingerprint density at radius 3 is 2.83 bits per heavy atom. The van der Waals surface area contributed by atoms with Crippen LogP contribution >= 0.6 is 0 Å². The van der Waals surface area contributed by atoms with Crippen molar-refractivity contribution in [2.45, 2.75) is 25.8 Å². The van der Waals surface area contributed by atoms with Crippen molar-refractivity contribution in [1.82, 2.24) is 4.90 Å². The molecule has 0 aromatic heterocycles. The second kappa shape index (κ2) is 7.08. The highest BCUT2D eigenvalue weighted by atomic mass is 16.6.